The molecule has 0 radical (unpaired) electrons. The van der Waals surface area contributed by atoms with Crippen molar-refractivity contribution in [3.63, 3.8) is 0 Å². The van der Waals surface area contributed by atoms with Crippen LogP contribution in [0, 0.1) is 0 Å². The van der Waals surface area contributed by atoms with E-state index in [2.05, 4.69) is 31.1 Å². The molecule has 0 atom stereocenters. The fraction of sp³-hybridized carbons (Fsp3) is 0.375. The largest absolute Gasteiger partial charge is 0.493 e. The van der Waals surface area contributed by atoms with Gasteiger partial charge in [-0.3, -0.25) is 10.1 Å². The lowest BCUT2D eigenvalue weighted by Crippen LogP contribution is -2.13. The number of para-hydroxylation sites is 1. The molecule has 112 valence electrons. The minimum absolute atomic E-state index is 0.0316. The summed E-state index contributed by atoms with van der Waals surface area (Å²) in [7, 11) is 0. The van der Waals surface area contributed by atoms with Crippen LogP contribution in [0.5, 0.6) is 5.75 Å². The summed E-state index contributed by atoms with van der Waals surface area (Å²) in [5.74, 6) is 0.388. The first-order valence-corrected chi connectivity index (χ1v) is 7.73. The number of carbonyl (C=O) groups is 1. The van der Waals surface area contributed by atoms with Gasteiger partial charge in [0.1, 0.15) is 5.75 Å². The van der Waals surface area contributed by atoms with Gasteiger partial charge >= 0.3 is 0 Å². The molecule has 0 aliphatic rings. The number of benzene rings is 1. The lowest BCUT2D eigenvalue weighted by Gasteiger charge is -2.14. The molecule has 1 aromatic heterocycles. The number of ether oxygens (including phenoxy) is 1. The van der Waals surface area contributed by atoms with Crippen LogP contribution < -0.4 is 10.1 Å². The molecule has 2 rings (SSSR count). The Labute approximate surface area is 129 Å². The summed E-state index contributed by atoms with van der Waals surface area (Å²) in [5.41, 5.74) is 0.552. The van der Waals surface area contributed by atoms with E-state index in [-0.39, 0.29) is 11.3 Å². The van der Waals surface area contributed by atoms with Crippen molar-refractivity contribution in [2.24, 2.45) is 0 Å². The summed E-state index contributed by atoms with van der Waals surface area (Å²) in [6.07, 6.45) is 1.81. The van der Waals surface area contributed by atoms with Crippen LogP contribution in [-0.2, 0) is 5.41 Å². The van der Waals surface area contributed by atoms with Crippen LogP contribution in [0.15, 0.2) is 30.5 Å². The summed E-state index contributed by atoms with van der Waals surface area (Å²) in [6.45, 7) is 8.78. The van der Waals surface area contributed by atoms with E-state index >= 15 is 0 Å². The highest BCUT2D eigenvalue weighted by atomic mass is 32.1. The SMILES string of the molecule is CCOc1ccccc1C(=O)Nc1ncc(C(C)(C)C)s1. The number of thiazole rings is 1. The second kappa shape index (κ2) is 6.26. The molecule has 1 aromatic carbocycles. The van der Waals surface area contributed by atoms with Crippen molar-refractivity contribution in [2.45, 2.75) is 33.1 Å². The minimum Gasteiger partial charge on any atom is -0.493 e. The fourth-order valence-corrected chi connectivity index (χ4v) is 2.65. The number of hydrogen-bond acceptors (Lipinski definition) is 4. The molecule has 0 saturated carbocycles. The van der Waals surface area contributed by atoms with Crippen LogP contribution in [-0.4, -0.2) is 17.5 Å². The molecule has 0 bridgehead atoms. The Bertz CT molecular complexity index is 629. The molecule has 5 heteroatoms. The summed E-state index contributed by atoms with van der Waals surface area (Å²) in [4.78, 5) is 17.7. The zero-order valence-electron chi connectivity index (χ0n) is 12.8. The number of rotatable bonds is 4. The van der Waals surface area contributed by atoms with E-state index in [4.69, 9.17) is 4.74 Å². The van der Waals surface area contributed by atoms with Gasteiger partial charge in [-0.05, 0) is 24.5 Å². The fourth-order valence-electron chi connectivity index (χ4n) is 1.78. The van der Waals surface area contributed by atoms with Crippen molar-refractivity contribution < 1.29 is 9.53 Å². The second-order valence-electron chi connectivity index (χ2n) is 5.66. The van der Waals surface area contributed by atoms with Gasteiger partial charge in [0.15, 0.2) is 5.13 Å². The average Bonchev–Trinajstić information content (AvgIpc) is 2.88. The summed E-state index contributed by atoms with van der Waals surface area (Å²) < 4.78 is 5.48. The van der Waals surface area contributed by atoms with E-state index in [9.17, 15) is 4.79 Å². The molecule has 21 heavy (non-hydrogen) atoms. The smallest absolute Gasteiger partial charge is 0.261 e. The molecule has 0 spiro atoms. The summed E-state index contributed by atoms with van der Waals surface area (Å²) >= 11 is 1.50. The Kier molecular flexibility index (Phi) is 4.63. The number of amides is 1. The number of aromatic nitrogens is 1. The highest BCUT2D eigenvalue weighted by Gasteiger charge is 2.19. The monoisotopic (exact) mass is 304 g/mol. The molecule has 0 aliphatic heterocycles. The van der Waals surface area contributed by atoms with Gasteiger partial charge in [-0.25, -0.2) is 4.98 Å². The maximum Gasteiger partial charge on any atom is 0.261 e. The third kappa shape index (κ3) is 3.82. The number of anilines is 1. The third-order valence-electron chi connectivity index (χ3n) is 2.90. The van der Waals surface area contributed by atoms with Crippen molar-refractivity contribution in [1.29, 1.82) is 0 Å². The number of nitrogens with one attached hydrogen (secondary N) is 1. The number of nitrogens with zero attached hydrogens (tertiary/aromatic N) is 1. The van der Waals surface area contributed by atoms with Crippen molar-refractivity contribution in [1.82, 2.24) is 4.98 Å². The molecule has 1 heterocycles. The highest BCUT2D eigenvalue weighted by Crippen LogP contribution is 2.30. The first-order valence-electron chi connectivity index (χ1n) is 6.91. The molecule has 2 aromatic rings. The number of carbonyl (C=O) groups excluding carboxylic acids is 1. The molecule has 0 saturated heterocycles. The normalized spacial score (nSPS) is 11.2. The Morgan fingerprint density at radius 2 is 2.05 bits per heavy atom. The van der Waals surface area contributed by atoms with Gasteiger partial charge in [0, 0.05) is 11.1 Å². The van der Waals surface area contributed by atoms with Crippen molar-refractivity contribution in [3.05, 3.63) is 40.9 Å². The first-order chi connectivity index (χ1) is 9.91. The van der Waals surface area contributed by atoms with Gasteiger partial charge in [0.25, 0.3) is 5.91 Å². The van der Waals surface area contributed by atoms with Crippen molar-refractivity contribution in [2.75, 3.05) is 11.9 Å². The quantitative estimate of drug-likeness (QED) is 0.925. The Morgan fingerprint density at radius 1 is 1.33 bits per heavy atom. The first kappa shape index (κ1) is 15.5. The van der Waals surface area contributed by atoms with Crippen LogP contribution in [0.4, 0.5) is 5.13 Å². The van der Waals surface area contributed by atoms with E-state index in [0.29, 0.717) is 23.1 Å². The molecular formula is C16H20N2O2S. The van der Waals surface area contributed by atoms with E-state index in [0.717, 1.165) is 4.88 Å². The van der Waals surface area contributed by atoms with Gasteiger partial charge in [-0.1, -0.05) is 32.9 Å². The minimum atomic E-state index is -0.200. The Hall–Kier alpha value is -1.88. The maximum atomic E-state index is 12.3. The second-order valence-corrected chi connectivity index (χ2v) is 6.69. The van der Waals surface area contributed by atoms with Gasteiger partial charge in [0.05, 0.1) is 12.2 Å². The predicted molar refractivity (Wildman–Crippen MR) is 86.4 cm³/mol. The van der Waals surface area contributed by atoms with Crippen LogP contribution in [0.1, 0.15) is 42.9 Å². The van der Waals surface area contributed by atoms with Gasteiger partial charge < -0.3 is 4.74 Å². The Morgan fingerprint density at radius 3 is 2.67 bits per heavy atom. The topological polar surface area (TPSA) is 51.2 Å². The van der Waals surface area contributed by atoms with Gasteiger partial charge in [-0.15, -0.1) is 11.3 Å². The number of hydrogen-bond donors (Lipinski definition) is 1. The molecule has 0 fully saturated rings. The zero-order valence-corrected chi connectivity index (χ0v) is 13.6. The standard InChI is InChI=1S/C16H20N2O2S/c1-5-20-12-9-7-6-8-11(12)14(19)18-15-17-10-13(21-15)16(2,3)4/h6-10H,5H2,1-4H3,(H,17,18,19). The van der Waals surface area contributed by atoms with E-state index in [1.165, 1.54) is 11.3 Å². The zero-order chi connectivity index (χ0) is 15.5. The molecule has 4 nitrogen and oxygen atoms in total. The molecular weight excluding hydrogens is 284 g/mol. The third-order valence-corrected chi connectivity index (χ3v) is 4.24. The lowest BCUT2D eigenvalue weighted by atomic mass is 9.96. The molecule has 0 aliphatic carbocycles. The van der Waals surface area contributed by atoms with Crippen molar-refractivity contribution >= 4 is 22.4 Å². The summed E-state index contributed by atoms with van der Waals surface area (Å²) in [5, 5.41) is 3.45. The Balaban J connectivity index is 2.17. The average molecular weight is 304 g/mol. The molecule has 1 N–H and O–H groups in total. The van der Waals surface area contributed by atoms with Crippen molar-refractivity contribution in [3.8, 4) is 5.75 Å². The van der Waals surface area contributed by atoms with E-state index < -0.39 is 0 Å². The van der Waals surface area contributed by atoms with Crippen LogP contribution in [0.25, 0.3) is 0 Å². The van der Waals surface area contributed by atoms with E-state index in [1.807, 2.05) is 25.3 Å². The van der Waals surface area contributed by atoms with Gasteiger partial charge in [-0.2, -0.15) is 0 Å². The van der Waals surface area contributed by atoms with Crippen LogP contribution >= 0.6 is 11.3 Å². The maximum absolute atomic E-state index is 12.3. The van der Waals surface area contributed by atoms with Gasteiger partial charge in [0.2, 0.25) is 0 Å². The van der Waals surface area contributed by atoms with E-state index in [1.54, 1.807) is 12.1 Å². The molecule has 1 amide bonds. The van der Waals surface area contributed by atoms with Crippen LogP contribution in [0.3, 0.4) is 0 Å². The highest BCUT2D eigenvalue weighted by molar-refractivity contribution is 7.15. The summed E-state index contributed by atoms with van der Waals surface area (Å²) in [6, 6.07) is 7.21. The molecule has 0 unspecified atom stereocenters. The predicted octanol–water partition coefficient (Wildman–Crippen LogP) is 4.09. The van der Waals surface area contributed by atoms with Crippen LogP contribution in [0.2, 0.25) is 0 Å². The lowest BCUT2D eigenvalue weighted by molar-refractivity contribution is 0.102.